The van der Waals surface area contributed by atoms with E-state index >= 15 is 0 Å². The summed E-state index contributed by atoms with van der Waals surface area (Å²) in [5, 5.41) is 8.43. The summed E-state index contributed by atoms with van der Waals surface area (Å²) in [4.78, 5) is 10.5. The number of hydrogen-bond acceptors (Lipinski definition) is 2. The molecular weight excluding hydrogens is 220 g/mol. The van der Waals surface area contributed by atoms with Crippen LogP contribution in [0.3, 0.4) is 0 Å². The van der Waals surface area contributed by atoms with Gasteiger partial charge in [0, 0.05) is 6.61 Å². The van der Waals surface area contributed by atoms with E-state index in [-0.39, 0.29) is 5.12 Å². The van der Waals surface area contributed by atoms with Crippen LogP contribution >= 0.6 is 12.6 Å². The van der Waals surface area contributed by atoms with Crippen molar-refractivity contribution in [3.63, 3.8) is 0 Å². The number of rotatable bonds is 11. The maximum atomic E-state index is 10.5. The summed E-state index contributed by atoms with van der Waals surface area (Å²) >= 11 is 3.65. The number of hydrogen-bond donors (Lipinski definition) is 2. The van der Waals surface area contributed by atoms with Crippen LogP contribution in [0.15, 0.2) is 12.2 Å². The topological polar surface area (TPSA) is 37.3 Å². The average Bonchev–Trinajstić information content (AvgIpc) is 2.25. The Hall–Kier alpha value is -0.280. The fraction of sp³-hybridized carbons (Fsp3) is 0.769. The van der Waals surface area contributed by atoms with Gasteiger partial charge in [-0.3, -0.25) is 4.79 Å². The number of carbonyl (C=O) groups excluding carboxylic acids is 1. The summed E-state index contributed by atoms with van der Waals surface area (Å²) < 4.78 is 0. The average molecular weight is 244 g/mol. The Balaban J connectivity index is 3.01. The van der Waals surface area contributed by atoms with Crippen molar-refractivity contribution in [1.82, 2.24) is 0 Å². The van der Waals surface area contributed by atoms with Gasteiger partial charge in [0.05, 0.1) is 0 Å². The first-order chi connectivity index (χ1) is 7.77. The first kappa shape index (κ1) is 15.7. The summed E-state index contributed by atoms with van der Waals surface area (Å²) in [5.74, 6) is 0. The molecule has 0 radical (unpaired) electrons. The van der Waals surface area contributed by atoms with Crippen molar-refractivity contribution in [2.75, 3.05) is 6.61 Å². The van der Waals surface area contributed by atoms with E-state index in [2.05, 4.69) is 12.6 Å². The molecule has 0 spiro atoms. The third-order valence-corrected chi connectivity index (χ3v) is 2.69. The molecular formula is C13H24O2S. The Morgan fingerprint density at radius 2 is 1.44 bits per heavy atom. The molecule has 0 aromatic rings. The molecule has 16 heavy (non-hydrogen) atoms. The molecule has 0 saturated carbocycles. The van der Waals surface area contributed by atoms with Crippen LogP contribution in [0.2, 0.25) is 0 Å². The third-order valence-electron chi connectivity index (χ3n) is 2.54. The number of unbranched alkanes of at least 4 members (excludes halogenated alkanes) is 8. The second-order valence-corrected chi connectivity index (χ2v) is 4.52. The highest BCUT2D eigenvalue weighted by Gasteiger charge is 1.91. The molecule has 0 aromatic heterocycles. The highest BCUT2D eigenvalue weighted by Crippen LogP contribution is 2.09. The Labute approximate surface area is 105 Å². The van der Waals surface area contributed by atoms with Crippen LogP contribution in [0, 0.1) is 0 Å². The van der Waals surface area contributed by atoms with E-state index in [1.54, 1.807) is 0 Å². The molecule has 0 amide bonds. The Morgan fingerprint density at radius 1 is 0.938 bits per heavy atom. The minimum Gasteiger partial charge on any atom is -0.396 e. The summed E-state index contributed by atoms with van der Waals surface area (Å²) in [6.45, 7) is 0.330. The van der Waals surface area contributed by atoms with Crippen LogP contribution in [-0.2, 0) is 4.79 Å². The molecule has 0 aliphatic carbocycles. The number of aliphatic hydroxyl groups excluding tert-OH is 1. The minimum atomic E-state index is -0.163. The van der Waals surface area contributed by atoms with Crippen LogP contribution in [0.4, 0.5) is 0 Å². The van der Waals surface area contributed by atoms with Crippen molar-refractivity contribution in [2.24, 2.45) is 0 Å². The molecule has 0 atom stereocenters. The summed E-state index contributed by atoms with van der Waals surface area (Å²) in [5.41, 5.74) is 0. The molecule has 0 aliphatic heterocycles. The molecule has 3 heteroatoms. The zero-order valence-corrected chi connectivity index (χ0v) is 10.9. The van der Waals surface area contributed by atoms with E-state index in [1.807, 2.05) is 6.08 Å². The van der Waals surface area contributed by atoms with Gasteiger partial charge in [-0.25, -0.2) is 0 Å². The third kappa shape index (κ3) is 13.7. The monoisotopic (exact) mass is 244 g/mol. The molecule has 0 rings (SSSR count). The second-order valence-electron chi connectivity index (χ2n) is 4.08. The molecule has 0 fully saturated rings. The number of carbonyl (C=O) groups is 1. The molecule has 0 heterocycles. The van der Waals surface area contributed by atoms with E-state index < -0.39 is 0 Å². The van der Waals surface area contributed by atoms with Crippen LogP contribution in [0.25, 0.3) is 0 Å². The highest BCUT2D eigenvalue weighted by molar-refractivity contribution is 7.97. The molecule has 0 aliphatic rings. The lowest BCUT2D eigenvalue weighted by molar-refractivity contribution is -0.106. The molecule has 1 N–H and O–H groups in total. The minimum absolute atomic E-state index is 0.163. The fourth-order valence-electron chi connectivity index (χ4n) is 1.62. The van der Waals surface area contributed by atoms with Crippen molar-refractivity contribution in [2.45, 2.75) is 57.8 Å². The van der Waals surface area contributed by atoms with E-state index in [1.165, 1.54) is 38.2 Å². The number of thiol groups is 1. The van der Waals surface area contributed by atoms with Crippen molar-refractivity contribution in [1.29, 1.82) is 0 Å². The van der Waals surface area contributed by atoms with Crippen molar-refractivity contribution in [3.05, 3.63) is 12.2 Å². The van der Waals surface area contributed by atoms with Gasteiger partial charge in [-0.1, -0.05) is 44.6 Å². The molecule has 2 nitrogen and oxygen atoms in total. The normalized spacial score (nSPS) is 11.1. The lowest BCUT2D eigenvalue weighted by Crippen LogP contribution is -1.84. The Kier molecular flexibility index (Phi) is 12.6. The first-order valence-corrected chi connectivity index (χ1v) is 6.72. The molecule has 0 bridgehead atoms. The standard InChI is InChI=1S/C13H24O2S/c14-12-10-8-6-4-2-1-3-5-7-9-11-13(15)16/h9,11,14H,1-8,10,12H2,(H,15,16)/b11-9+. The molecule has 0 unspecified atom stereocenters. The largest absolute Gasteiger partial charge is 0.396 e. The van der Waals surface area contributed by atoms with Gasteiger partial charge in [-0.15, -0.1) is 12.6 Å². The van der Waals surface area contributed by atoms with E-state index in [0.717, 1.165) is 25.7 Å². The predicted octanol–water partition coefficient (Wildman–Crippen LogP) is 3.50. The number of aliphatic hydroxyl groups is 1. The van der Waals surface area contributed by atoms with E-state index in [0.29, 0.717) is 6.61 Å². The molecule has 0 saturated heterocycles. The fourth-order valence-corrected chi connectivity index (χ4v) is 1.72. The van der Waals surface area contributed by atoms with Crippen LogP contribution < -0.4 is 0 Å². The summed E-state index contributed by atoms with van der Waals surface area (Å²) in [6.07, 6.45) is 14.0. The Morgan fingerprint density at radius 3 is 1.94 bits per heavy atom. The van der Waals surface area contributed by atoms with Gasteiger partial charge >= 0.3 is 0 Å². The maximum absolute atomic E-state index is 10.5. The zero-order chi connectivity index (χ0) is 12.1. The highest BCUT2D eigenvalue weighted by atomic mass is 32.1. The summed E-state index contributed by atoms with van der Waals surface area (Å²) in [7, 11) is 0. The van der Waals surface area contributed by atoms with Gasteiger partial charge in [0.15, 0.2) is 0 Å². The van der Waals surface area contributed by atoms with Crippen LogP contribution in [-0.4, -0.2) is 16.8 Å². The van der Waals surface area contributed by atoms with Gasteiger partial charge in [-0.05, 0) is 25.3 Å². The van der Waals surface area contributed by atoms with Crippen molar-refractivity contribution >= 4 is 17.7 Å². The summed E-state index contributed by atoms with van der Waals surface area (Å²) in [6, 6.07) is 0. The van der Waals surface area contributed by atoms with Crippen LogP contribution in [0.5, 0.6) is 0 Å². The van der Waals surface area contributed by atoms with Gasteiger partial charge < -0.3 is 5.11 Å². The molecule has 94 valence electrons. The SMILES string of the molecule is O=C(S)/C=C/CCCCCCCCCCO. The van der Waals surface area contributed by atoms with Gasteiger partial charge in [0.2, 0.25) is 5.12 Å². The van der Waals surface area contributed by atoms with Gasteiger partial charge in [-0.2, -0.15) is 0 Å². The van der Waals surface area contributed by atoms with E-state index in [9.17, 15) is 4.79 Å². The van der Waals surface area contributed by atoms with Crippen molar-refractivity contribution < 1.29 is 9.90 Å². The second kappa shape index (κ2) is 12.8. The Bertz CT molecular complexity index is 190. The van der Waals surface area contributed by atoms with Crippen LogP contribution in [0.1, 0.15) is 57.8 Å². The first-order valence-electron chi connectivity index (χ1n) is 6.27. The lowest BCUT2D eigenvalue weighted by Gasteiger charge is -2.00. The quantitative estimate of drug-likeness (QED) is 0.331. The van der Waals surface area contributed by atoms with Gasteiger partial charge in [0.25, 0.3) is 0 Å². The van der Waals surface area contributed by atoms with Gasteiger partial charge in [0.1, 0.15) is 0 Å². The smallest absolute Gasteiger partial charge is 0.208 e. The maximum Gasteiger partial charge on any atom is 0.208 e. The lowest BCUT2D eigenvalue weighted by atomic mass is 10.1. The zero-order valence-electron chi connectivity index (χ0n) is 10.0. The van der Waals surface area contributed by atoms with E-state index in [4.69, 9.17) is 5.11 Å². The molecule has 0 aromatic carbocycles. The van der Waals surface area contributed by atoms with Crippen molar-refractivity contribution in [3.8, 4) is 0 Å². The predicted molar refractivity (Wildman–Crippen MR) is 71.8 cm³/mol. The number of allylic oxidation sites excluding steroid dienone is 1.